The van der Waals surface area contributed by atoms with E-state index >= 15 is 0 Å². The first kappa shape index (κ1) is 26.9. The number of benzene rings is 3. The second-order valence-electron chi connectivity index (χ2n) is 9.19. The molecule has 38 heavy (non-hydrogen) atoms. The lowest BCUT2D eigenvalue weighted by Crippen LogP contribution is -2.38. The average Bonchev–Trinajstić information content (AvgIpc) is 3.19. The summed E-state index contributed by atoms with van der Waals surface area (Å²) in [5, 5.41) is 11.4. The fourth-order valence-corrected chi connectivity index (χ4v) is 4.80. The van der Waals surface area contributed by atoms with Crippen molar-refractivity contribution in [3.8, 4) is 17.2 Å². The summed E-state index contributed by atoms with van der Waals surface area (Å²) in [6, 6.07) is 21.2. The number of hydrogen-bond donors (Lipinski definition) is 1. The van der Waals surface area contributed by atoms with E-state index in [4.69, 9.17) is 9.47 Å². The Morgan fingerprint density at radius 1 is 0.947 bits per heavy atom. The molecule has 1 aliphatic heterocycles. The third-order valence-corrected chi connectivity index (χ3v) is 6.91. The molecule has 7 nitrogen and oxygen atoms in total. The van der Waals surface area contributed by atoms with E-state index in [0.717, 1.165) is 18.7 Å². The van der Waals surface area contributed by atoms with E-state index in [-0.39, 0.29) is 11.3 Å². The van der Waals surface area contributed by atoms with Crippen LogP contribution in [0.25, 0.3) is 5.76 Å². The predicted molar refractivity (Wildman–Crippen MR) is 147 cm³/mol. The minimum absolute atomic E-state index is 0.0657. The van der Waals surface area contributed by atoms with Gasteiger partial charge in [0.25, 0.3) is 11.7 Å². The summed E-state index contributed by atoms with van der Waals surface area (Å²) in [6.45, 7) is 8.60. The van der Waals surface area contributed by atoms with Gasteiger partial charge in [-0.25, -0.2) is 0 Å². The molecule has 1 amide bonds. The first-order chi connectivity index (χ1) is 18.4. The van der Waals surface area contributed by atoms with Gasteiger partial charge in [0.15, 0.2) is 0 Å². The van der Waals surface area contributed by atoms with Crippen LogP contribution >= 0.6 is 0 Å². The summed E-state index contributed by atoms with van der Waals surface area (Å²) < 4.78 is 11.4. The molecule has 4 rings (SSSR count). The van der Waals surface area contributed by atoms with E-state index in [1.165, 1.54) is 0 Å². The van der Waals surface area contributed by atoms with Crippen molar-refractivity contribution < 1.29 is 24.2 Å². The zero-order valence-electron chi connectivity index (χ0n) is 22.3. The zero-order valence-corrected chi connectivity index (χ0v) is 22.3. The van der Waals surface area contributed by atoms with Gasteiger partial charge in [-0.3, -0.25) is 9.59 Å². The van der Waals surface area contributed by atoms with Crippen molar-refractivity contribution >= 4 is 17.4 Å². The molecular formula is C31H34N2O5. The number of ketones is 1. The second-order valence-corrected chi connectivity index (χ2v) is 9.19. The molecule has 3 aromatic carbocycles. The van der Waals surface area contributed by atoms with Crippen LogP contribution in [0.2, 0.25) is 0 Å². The number of para-hydroxylation sites is 1. The highest BCUT2D eigenvalue weighted by Crippen LogP contribution is 2.41. The van der Waals surface area contributed by atoms with Crippen LogP contribution in [0.4, 0.5) is 0 Å². The van der Waals surface area contributed by atoms with Crippen molar-refractivity contribution in [2.45, 2.75) is 26.8 Å². The normalized spacial score (nSPS) is 16.8. The minimum atomic E-state index is -0.757. The summed E-state index contributed by atoms with van der Waals surface area (Å²) >= 11 is 0. The Morgan fingerprint density at radius 2 is 1.66 bits per heavy atom. The van der Waals surface area contributed by atoms with Crippen LogP contribution < -0.4 is 9.47 Å². The lowest BCUT2D eigenvalue weighted by Gasteiger charge is -2.28. The summed E-state index contributed by atoms with van der Waals surface area (Å²) in [7, 11) is 1.58. The summed E-state index contributed by atoms with van der Waals surface area (Å²) in [4.78, 5) is 30.5. The van der Waals surface area contributed by atoms with E-state index < -0.39 is 17.7 Å². The number of aliphatic hydroxyl groups is 1. The SMILES string of the molecule is CCN(CC)CCN1C(=O)C(=O)/C(=C(/O)c2ccc(OC)c(C)c2)[C@H]1c1cccc(Oc2ccccc2)c1. The number of carbonyl (C=O) groups excluding carboxylic acids is 2. The van der Waals surface area contributed by atoms with Crippen molar-refractivity contribution in [1.29, 1.82) is 0 Å². The summed E-state index contributed by atoms with van der Waals surface area (Å²) in [5.74, 6) is 0.387. The minimum Gasteiger partial charge on any atom is -0.507 e. The van der Waals surface area contributed by atoms with Crippen molar-refractivity contribution in [1.82, 2.24) is 9.80 Å². The Balaban J connectivity index is 1.80. The molecule has 1 fully saturated rings. The van der Waals surface area contributed by atoms with Crippen molar-refractivity contribution in [2.24, 2.45) is 0 Å². The molecule has 1 heterocycles. The molecule has 3 aromatic rings. The third kappa shape index (κ3) is 5.58. The number of amides is 1. The fraction of sp³-hybridized carbons (Fsp3) is 0.290. The van der Waals surface area contributed by atoms with Crippen LogP contribution in [0.1, 0.15) is 36.6 Å². The van der Waals surface area contributed by atoms with Crippen molar-refractivity contribution in [2.75, 3.05) is 33.3 Å². The third-order valence-electron chi connectivity index (χ3n) is 6.91. The van der Waals surface area contributed by atoms with Gasteiger partial charge in [0.2, 0.25) is 0 Å². The molecule has 0 radical (unpaired) electrons. The van der Waals surface area contributed by atoms with Crippen LogP contribution in [0.5, 0.6) is 17.2 Å². The largest absolute Gasteiger partial charge is 0.507 e. The van der Waals surface area contributed by atoms with E-state index in [2.05, 4.69) is 18.7 Å². The molecule has 7 heteroatoms. The fourth-order valence-electron chi connectivity index (χ4n) is 4.80. The number of likely N-dealkylation sites (N-methyl/N-ethyl adjacent to an activating group) is 1. The van der Waals surface area contributed by atoms with Gasteiger partial charge in [0, 0.05) is 18.7 Å². The number of aliphatic hydroxyl groups excluding tert-OH is 1. The monoisotopic (exact) mass is 514 g/mol. The van der Waals surface area contributed by atoms with E-state index in [1.807, 2.05) is 61.5 Å². The van der Waals surface area contributed by atoms with Crippen LogP contribution in [0.3, 0.4) is 0 Å². The van der Waals surface area contributed by atoms with Gasteiger partial charge in [-0.1, -0.05) is 44.2 Å². The molecule has 0 aliphatic carbocycles. The number of hydrogen-bond acceptors (Lipinski definition) is 6. The number of nitrogens with zero attached hydrogens (tertiary/aromatic N) is 2. The van der Waals surface area contributed by atoms with Crippen LogP contribution in [0, 0.1) is 6.92 Å². The smallest absolute Gasteiger partial charge is 0.295 e. The first-order valence-corrected chi connectivity index (χ1v) is 12.9. The number of Topliss-reactive ketones (excluding diaryl/α,β-unsaturated/α-hetero) is 1. The topological polar surface area (TPSA) is 79.3 Å². The number of methoxy groups -OCH3 is 1. The predicted octanol–water partition coefficient (Wildman–Crippen LogP) is 5.56. The Bertz CT molecular complexity index is 1330. The van der Waals surface area contributed by atoms with Crippen LogP contribution in [-0.4, -0.2) is 59.9 Å². The van der Waals surface area contributed by atoms with Crippen LogP contribution in [0.15, 0.2) is 78.4 Å². The molecule has 0 bridgehead atoms. The van der Waals surface area contributed by atoms with Crippen molar-refractivity contribution in [3.63, 3.8) is 0 Å². The molecule has 1 N–H and O–H groups in total. The van der Waals surface area contributed by atoms with E-state index in [1.54, 1.807) is 30.2 Å². The van der Waals surface area contributed by atoms with E-state index in [9.17, 15) is 14.7 Å². The maximum Gasteiger partial charge on any atom is 0.295 e. The van der Waals surface area contributed by atoms with Gasteiger partial charge in [-0.2, -0.15) is 0 Å². The summed E-state index contributed by atoms with van der Waals surface area (Å²) in [6.07, 6.45) is 0. The molecular weight excluding hydrogens is 480 g/mol. The standard InChI is InChI=1S/C31H34N2O5/c1-5-32(6-2)17-18-33-28(22-11-10-14-25(20-22)38-24-12-8-7-9-13-24)27(30(35)31(33)36)29(34)23-15-16-26(37-4)21(3)19-23/h7-16,19-20,28,34H,5-6,17-18H2,1-4H3/b29-27+/t28-/m1/s1. The number of carbonyl (C=O) groups is 2. The Kier molecular flexibility index (Phi) is 8.48. The Hall–Kier alpha value is -4.10. The highest BCUT2D eigenvalue weighted by molar-refractivity contribution is 6.46. The number of ether oxygens (including phenoxy) is 2. The Labute approximate surface area is 223 Å². The second kappa shape index (κ2) is 12.0. The van der Waals surface area contributed by atoms with Crippen molar-refractivity contribution in [3.05, 3.63) is 95.1 Å². The lowest BCUT2D eigenvalue weighted by atomic mass is 9.94. The molecule has 1 aliphatic rings. The van der Waals surface area contributed by atoms with Gasteiger partial charge in [0.05, 0.1) is 18.7 Å². The van der Waals surface area contributed by atoms with Gasteiger partial charge in [-0.15, -0.1) is 0 Å². The molecule has 0 unspecified atom stereocenters. The Morgan fingerprint density at radius 3 is 2.32 bits per heavy atom. The number of likely N-dealkylation sites (tertiary alicyclic amines) is 1. The van der Waals surface area contributed by atoms with Gasteiger partial charge in [-0.05, 0) is 73.6 Å². The van der Waals surface area contributed by atoms with Gasteiger partial charge in [0.1, 0.15) is 23.0 Å². The average molecular weight is 515 g/mol. The van der Waals surface area contributed by atoms with Gasteiger partial charge >= 0.3 is 0 Å². The molecule has 1 atom stereocenters. The maximum absolute atomic E-state index is 13.4. The molecule has 198 valence electrons. The zero-order chi connectivity index (χ0) is 27.2. The highest BCUT2D eigenvalue weighted by Gasteiger charge is 2.46. The number of rotatable bonds is 10. The molecule has 0 saturated carbocycles. The van der Waals surface area contributed by atoms with E-state index in [0.29, 0.717) is 41.5 Å². The summed E-state index contributed by atoms with van der Waals surface area (Å²) in [5.41, 5.74) is 2.01. The van der Waals surface area contributed by atoms with Gasteiger partial charge < -0.3 is 24.4 Å². The molecule has 1 saturated heterocycles. The maximum atomic E-state index is 13.4. The lowest BCUT2D eigenvalue weighted by molar-refractivity contribution is -0.140. The quantitative estimate of drug-likeness (QED) is 0.217. The van der Waals surface area contributed by atoms with Crippen LogP contribution in [-0.2, 0) is 9.59 Å². The highest BCUT2D eigenvalue weighted by atomic mass is 16.5. The molecule has 0 spiro atoms. The first-order valence-electron chi connectivity index (χ1n) is 12.9. The number of aryl methyl sites for hydroxylation is 1. The molecule has 0 aromatic heterocycles.